The van der Waals surface area contributed by atoms with Gasteiger partial charge < -0.3 is 20.1 Å². The van der Waals surface area contributed by atoms with Gasteiger partial charge in [-0.3, -0.25) is 0 Å². The molecule has 0 bridgehead atoms. The Morgan fingerprint density at radius 1 is 0.607 bits per heavy atom. The van der Waals surface area contributed by atoms with Gasteiger partial charge in [0, 0.05) is 19.6 Å². The molecule has 0 spiro atoms. The first-order valence-corrected chi connectivity index (χ1v) is 20.5. The van der Waals surface area contributed by atoms with Crippen molar-refractivity contribution < 1.29 is 9.47 Å². The van der Waals surface area contributed by atoms with Crippen LogP contribution in [0.25, 0.3) is 21.5 Å². The fourth-order valence-corrected chi connectivity index (χ4v) is 8.34. The molecule has 1 aliphatic heterocycles. The van der Waals surface area contributed by atoms with Crippen LogP contribution in [0, 0.1) is 34.0 Å². The highest BCUT2D eigenvalue weighted by Crippen LogP contribution is 2.40. The topological polar surface area (TPSA) is 103 Å². The number of rotatable bonds is 11. The molecule has 300 valence electrons. The third kappa shape index (κ3) is 12.3. The second-order valence-electron chi connectivity index (χ2n) is 18.0. The third-order valence-electron chi connectivity index (χ3n) is 11.8. The standard InChI is InChI=1S/C24H32N4O.C23H30N2O.CH4/c1-24(2,3)20-7-10-22(11-8-20)29-23-9-6-18-12-17(4-5-19(18)13-23)14-25-15-21-16-26-28-27-21;1-23(2,3)20-7-10-21(11-8-20)26-22-9-6-18-14-17(16-25-13-12-24)4-5-19(18)15-22;/h4-6,9,12-13,20,22,25H,7-8,10-11,14-16H2,1-3H3;4-6,9,14-15,20-21,25H,7-8,10-11,13,16H2,1-3H3;1H4. The number of ether oxygens (including phenoxy) is 2. The van der Waals surface area contributed by atoms with Crippen LogP contribution >= 0.6 is 0 Å². The maximum Gasteiger partial charge on any atom is 0.120 e. The van der Waals surface area contributed by atoms with Gasteiger partial charge in [0.1, 0.15) is 18.0 Å². The number of fused-ring (bicyclic) bond motifs is 2. The van der Waals surface area contributed by atoms with Gasteiger partial charge in [0.05, 0.1) is 30.5 Å². The second-order valence-corrected chi connectivity index (χ2v) is 18.0. The number of nitrogens with zero attached hydrogens (tertiary/aromatic N) is 4. The molecule has 0 radical (unpaired) electrons. The monoisotopic (exact) mass is 759 g/mol. The van der Waals surface area contributed by atoms with Crippen LogP contribution in [0.1, 0.15) is 111 Å². The lowest BCUT2D eigenvalue weighted by Crippen LogP contribution is -2.30. The summed E-state index contributed by atoms with van der Waals surface area (Å²) in [6, 6.07) is 28.0. The van der Waals surface area contributed by atoms with Crippen LogP contribution in [0.5, 0.6) is 11.5 Å². The number of benzene rings is 4. The predicted octanol–water partition coefficient (Wildman–Crippen LogP) is 11.8. The molecule has 4 aromatic rings. The van der Waals surface area contributed by atoms with Crippen LogP contribution in [0.3, 0.4) is 0 Å². The van der Waals surface area contributed by atoms with Gasteiger partial charge in [0.2, 0.25) is 0 Å². The Kier molecular flexibility index (Phi) is 15.1. The molecule has 7 rings (SSSR count). The highest BCUT2D eigenvalue weighted by Gasteiger charge is 2.31. The first kappa shape index (κ1) is 42.8. The molecule has 0 unspecified atom stereocenters. The highest BCUT2D eigenvalue weighted by atomic mass is 16.5. The lowest BCUT2D eigenvalue weighted by atomic mass is 9.72. The summed E-state index contributed by atoms with van der Waals surface area (Å²) in [4.78, 5) is 0. The Balaban J connectivity index is 0.000000212. The molecule has 4 aromatic carbocycles. The average Bonchev–Trinajstić information content (AvgIpc) is 3.69. The fourth-order valence-electron chi connectivity index (χ4n) is 8.34. The molecule has 2 N–H and O–H groups in total. The van der Waals surface area contributed by atoms with Crippen molar-refractivity contribution in [3.63, 3.8) is 0 Å². The summed E-state index contributed by atoms with van der Waals surface area (Å²) in [5.74, 6) is 3.60. The van der Waals surface area contributed by atoms with Gasteiger partial charge in [0.25, 0.3) is 0 Å². The van der Waals surface area contributed by atoms with Gasteiger partial charge in [-0.05, 0) is 148 Å². The van der Waals surface area contributed by atoms with E-state index in [9.17, 15) is 0 Å². The minimum Gasteiger partial charge on any atom is -0.490 e. The molecule has 2 saturated carbocycles. The molecular formula is C48H66N6O2. The van der Waals surface area contributed by atoms with Crippen LogP contribution in [-0.4, -0.2) is 37.6 Å². The molecule has 8 heteroatoms. The maximum atomic E-state index is 8.61. The first-order chi connectivity index (χ1) is 26.4. The Morgan fingerprint density at radius 2 is 1.05 bits per heavy atom. The van der Waals surface area contributed by atoms with Crippen LogP contribution in [-0.2, 0) is 13.1 Å². The van der Waals surface area contributed by atoms with Crippen molar-refractivity contribution in [2.45, 2.75) is 126 Å². The summed E-state index contributed by atoms with van der Waals surface area (Å²) in [5, 5.41) is 31.5. The molecule has 0 amide bonds. The number of nitrogens with one attached hydrogen (secondary N) is 2. The van der Waals surface area contributed by atoms with E-state index in [1.54, 1.807) is 0 Å². The lowest BCUT2D eigenvalue weighted by Gasteiger charge is -2.37. The van der Waals surface area contributed by atoms with Crippen molar-refractivity contribution in [2.24, 2.45) is 38.1 Å². The molecule has 8 nitrogen and oxygen atoms in total. The molecule has 0 saturated heterocycles. The minimum atomic E-state index is 0. The van der Waals surface area contributed by atoms with E-state index < -0.39 is 0 Å². The summed E-state index contributed by atoms with van der Waals surface area (Å²) in [5.41, 5.74) is 4.27. The summed E-state index contributed by atoms with van der Waals surface area (Å²) in [7, 11) is 0. The predicted molar refractivity (Wildman–Crippen MR) is 232 cm³/mol. The Morgan fingerprint density at radius 3 is 1.48 bits per heavy atom. The Bertz CT molecular complexity index is 1970. The maximum absolute atomic E-state index is 8.61. The van der Waals surface area contributed by atoms with Gasteiger partial charge in [-0.2, -0.15) is 10.4 Å². The fraction of sp³-hybridized carbons (Fsp3) is 0.542. The quantitative estimate of drug-likeness (QED) is 0.117. The van der Waals surface area contributed by atoms with Crippen molar-refractivity contribution in [3.8, 4) is 17.6 Å². The van der Waals surface area contributed by atoms with Crippen molar-refractivity contribution in [1.82, 2.24) is 10.6 Å². The normalized spacial score (nSPS) is 21.1. The number of hydrogen-bond acceptors (Lipinski definition) is 8. The van der Waals surface area contributed by atoms with E-state index in [-0.39, 0.29) is 7.43 Å². The van der Waals surface area contributed by atoms with E-state index in [4.69, 9.17) is 14.7 Å². The van der Waals surface area contributed by atoms with Crippen LogP contribution in [0.2, 0.25) is 0 Å². The smallest absolute Gasteiger partial charge is 0.120 e. The molecular weight excluding hydrogens is 693 g/mol. The molecule has 2 fully saturated rings. The molecule has 0 atom stereocenters. The lowest BCUT2D eigenvalue weighted by molar-refractivity contribution is 0.0881. The van der Waals surface area contributed by atoms with Crippen molar-refractivity contribution in [3.05, 3.63) is 83.9 Å². The van der Waals surface area contributed by atoms with Gasteiger partial charge in [-0.25, -0.2) is 0 Å². The van der Waals surface area contributed by atoms with Crippen LogP contribution in [0.4, 0.5) is 0 Å². The summed E-state index contributed by atoms with van der Waals surface area (Å²) in [6.45, 7) is 17.4. The number of hydrogen-bond donors (Lipinski definition) is 2. The third-order valence-corrected chi connectivity index (χ3v) is 11.8. The van der Waals surface area contributed by atoms with Gasteiger partial charge in [-0.1, -0.05) is 85.4 Å². The van der Waals surface area contributed by atoms with Gasteiger partial charge in [-0.15, -0.1) is 5.10 Å². The zero-order valence-electron chi connectivity index (χ0n) is 34.0. The molecule has 1 heterocycles. The highest BCUT2D eigenvalue weighted by molar-refractivity contribution is 5.89. The van der Waals surface area contributed by atoms with Gasteiger partial charge in [0.15, 0.2) is 0 Å². The Labute approximate surface area is 336 Å². The second kappa shape index (κ2) is 19.7. The zero-order valence-corrected chi connectivity index (χ0v) is 34.0. The van der Waals surface area contributed by atoms with Crippen LogP contribution < -0.4 is 20.1 Å². The zero-order chi connectivity index (χ0) is 38.8. The number of nitriles is 1. The van der Waals surface area contributed by atoms with Crippen molar-refractivity contribution in [2.75, 3.05) is 19.6 Å². The summed E-state index contributed by atoms with van der Waals surface area (Å²) >= 11 is 0. The summed E-state index contributed by atoms with van der Waals surface area (Å²) in [6.07, 6.45) is 10.4. The van der Waals surface area contributed by atoms with E-state index in [1.807, 2.05) is 0 Å². The largest absolute Gasteiger partial charge is 0.490 e. The van der Waals surface area contributed by atoms with Crippen molar-refractivity contribution in [1.29, 1.82) is 5.26 Å². The summed E-state index contributed by atoms with van der Waals surface area (Å²) < 4.78 is 12.6. The van der Waals surface area contributed by atoms with Gasteiger partial charge >= 0.3 is 0 Å². The van der Waals surface area contributed by atoms with E-state index >= 15 is 0 Å². The molecule has 56 heavy (non-hydrogen) atoms. The first-order valence-electron chi connectivity index (χ1n) is 20.5. The molecule has 3 aliphatic rings. The molecule has 0 aromatic heterocycles. The van der Waals surface area contributed by atoms with E-state index in [0.29, 0.717) is 36.1 Å². The van der Waals surface area contributed by atoms with Crippen LogP contribution in [0.15, 0.2) is 88.2 Å². The molecule has 2 aliphatic carbocycles. The van der Waals surface area contributed by atoms with E-state index in [1.165, 1.54) is 58.4 Å². The Hall–Kier alpha value is -4.32. The average molecular weight is 759 g/mol. The SMILES string of the molecule is C.CC(C)(C)C1CCC(Oc2ccc3cc(CNCC#N)ccc3c2)CC1.CC(C)(C)C1CCC(Oc2ccc3cc(CNCC4=NN=NC4)ccc3c2)CC1. The minimum absolute atomic E-state index is 0. The van der Waals surface area contributed by atoms with Crippen molar-refractivity contribution >= 4 is 27.3 Å². The van der Waals surface area contributed by atoms with E-state index in [2.05, 4.69) is 146 Å². The van der Waals surface area contributed by atoms with E-state index in [0.717, 1.165) is 74.4 Å².